The van der Waals surface area contributed by atoms with E-state index in [9.17, 15) is 4.79 Å². The molecule has 2 unspecified atom stereocenters. The highest BCUT2D eigenvalue weighted by molar-refractivity contribution is 9.10. The van der Waals surface area contributed by atoms with Crippen molar-refractivity contribution in [3.05, 3.63) is 35.4 Å². The first kappa shape index (κ1) is 12.6. The Morgan fingerprint density at radius 3 is 2.65 bits per heavy atom. The summed E-state index contributed by atoms with van der Waals surface area (Å²) in [5, 5.41) is 0. The molecule has 0 saturated carbocycles. The van der Waals surface area contributed by atoms with E-state index in [0.29, 0.717) is 0 Å². The van der Waals surface area contributed by atoms with Gasteiger partial charge in [-0.1, -0.05) is 45.8 Å². The lowest BCUT2D eigenvalue weighted by atomic mass is 10.0. The van der Waals surface area contributed by atoms with Gasteiger partial charge in [0.1, 0.15) is 0 Å². The number of halogens is 1. The van der Waals surface area contributed by atoms with Crippen LogP contribution in [0.4, 0.5) is 0 Å². The minimum Gasteiger partial charge on any atom is -0.335 e. The van der Waals surface area contributed by atoms with Crippen molar-refractivity contribution in [1.82, 2.24) is 4.90 Å². The Labute approximate surface area is 111 Å². The zero-order valence-electron chi connectivity index (χ0n) is 10.3. The maximum Gasteiger partial charge on any atom is 0.236 e. The highest BCUT2D eigenvalue weighted by Gasteiger charge is 2.30. The summed E-state index contributed by atoms with van der Waals surface area (Å²) in [5.74, 6) is 0.226. The van der Waals surface area contributed by atoms with Gasteiger partial charge >= 0.3 is 0 Å². The number of aryl methyl sites for hydroxylation is 1. The summed E-state index contributed by atoms with van der Waals surface area (Å²) in [4.78, 5) is 14.1. The summed E-state index contributed by atoms with van der Waals surface area (Å²) < 4.78 is 0. The molecule has 0 spiro atoms. The highest BCUT2D eigenvalue weighted by atomic mass is 79.9. The smallest absolute Gasteiger partial charge is 0.236 e. The highest BCUT2D eigenvalue weighted by Crippen LogP contribution is 2.27. The largest absolute Gasteiger partial charge is 0.335 e. The van der Waals surface area contributed by atoms with Crippen molar-refractivity contribution in [1.29, 1.82) is 0 Å². The summed E-state index contributed by atoms with van der Waals surface area (Å²) in [6, 6.07) is 8.61. The third-order valence-electron chi connectivity index (χ3n) is 3.43. The Morgan fingerprint density at radius 2 is 2.00 bits per heavy atom. The molecule has 0 bridgehead atoms. The molecule has 1 saturated heterocycles. The van der Waals surface area contributed by atoms with Crippen LogP contribution in [0.2, 0.25) is 0 Å². The lowest BCUT2D eigenvalue weighted by Crippen LogP contribution is -2.43. The predicted molar refractivity (Wildman–Crippen MR) is 73.3 cm³/mol. The molecule has 3 heteroatoms. The fraction of sp³-hybridized carbons (Fsp3) is 0.500. The molecular weight excluding hydrogens is 278 g/mol. The zero-order chi connectivity index (χ0) is 12.4. The topological polar surface area (TPSA) is 20.3 Å². The Morgan fingerprint density at radius 1 is 1.35 bits per heavy atom. The Balaban J connectivity index is 2.16. The molecule has 1 aromatic rings. The molecule has 2 rings (SSSR count). The van der Waals surface area contributed by atoms with Gasteiger partial charge < -0.3 is 4.90 Å². The standard InChI is InChI=1S/C14H18BrNO/c1-10-5-7-12(8-6-10)11(2)16-9-3-4-13(15)14(16)17/h5-8,11,13H,3-4,9H2,1-2H3. The summed E-state index contributed by atoms with van der Waals surface area (Å²) >= 11 is 3.46. The van der Waals surface area contributed by atoms with Crippen LogP contribution < -0.4 is 0 Å². The second-order valence-corrected chi connectivity index (χ2v) is 5.83. The first-order valence-corrected chi connectivity index (χ1v) is 7.02. The van der Waals surface area contributed by atoms with Crippen molar-refractivity contribution < 1.29 is 4.79 Å². The summed E-state index contributed by atoms with van der Waals surface area (Å²) in [7, 11) is 0. The second kappa shape index (κ2) is 5.21. The van der Waals surface area contributed by atoms with E-state index in [2.05, 4.69) is 54.0 Å². The zero-order valence-corrected chi connectivity index (χ0v) is 11.9. The van der Waals surface area contributed by atoms with Crippen LogP contribution in [0, 0.1) is 6.92 Å². The van der Waals surface area contributed by atoms with Crippen LogP contribution in [-0.4, -0.2) is 22.2 Å². The van der Waals surface area contributed by atoms with E-state index in [1.54, 1.807) is 0 Å². The Kier molecular flexibility index (Phi) is 3.87. The molecule has 1 heterocycles. The van der Waals surface area contributed by atoms with Gasteiger partial charge in [-0.3, -0.25) is 4.79 Å². The molecule has 92 valence electrons. The molecule has 1 aliphatic rings. The molecular formula is C14H18BrNO. The molecule has 0 N–H and O–H groups in total. The first-order valence-electron chi connectivity index (χ1n) is 6.10. The second-order valence-electron chi connectivity index (χ2n) is 4.73. The normalized spacial score (nSPS) is 22.6. The van der Waals surface area contributed by atoms with Crippen LogP contribution >= 0.6 is 15.9 Å². The average molecular weight is 296 g/mol. The maximum atomic E-state index is 12.1. The number of nitrogens with zero attached hydrogens (tertiary/aromatic N) is 1. The van der Waals surface area contributed by atoms with Crippen LogP contribution in [0.1, 0.15) is 36.9 Å². The van der Waals surface area contributed by atoms with Crippen molar-refractivity contribution in [3.63, 3.8) is 0 Å². The van der Waals surface area contributed by atoms with Gasteiger partial charge in [0, 0.05) is 6.54 Å². The molecule has 1 aliphatic heterocycles. The molecule has 1 fully saturated rings. The number of benzene rings is 1. The number of hydrogen-bond donors (Lipinski definition) is 0. The van der Waals surface area contributed by atoms with Crippen LogP contribution in [0.15, 0.2) is 24.3 Å². The summed E-state index contributed by atoms with van der Waals surface area (Å²) in [6.45, 7) is 5.05. The number of carbonyl (C=O) groups excluding carboxylic acids is 1. The van der Waals surface area contributed by atoms with Gasteiger partial charge in [0.15, 0.2) is 0 Å². The third-order valence-corrected chi connectivity index (χ3v) is 4.28. The fourth-order valence-corrected chi connectivity index (χ4v) is 2.85. The van der Waals surface area contributed by atoms with E-state index in [1.807, 2.05) is 4.90 Å². The molecule has 17 heavy (non-hydrogen) atoms. The number of piperidine rings is 1. The van der Waals surface area contributed by atoms with Crippen LogP contribution in [-0.2, 0) is 4.79 Å². The van der Waals surface area contributed by atoms with Crippen molar-refractivity contribution in [2.75, 3.05) is 6.54 Å². The molecule has 0 radical (unpaired) electrons. The van der Waals surface area contributed by atoms with E-state index in [-0.39, 0.29) is 16.8 Å². The van der Waals surface area contributed by atoms with Gasteiger partial charge in [-0.15, -0.1) is 0 Å². The van der Waals surface area contributed by atoms with Crippen LogP contribution in [0.3, 0.4) is 0 Å². The predicted octanol–water partition coefficient (Wildman–Crippen LogP) is 3.44. The minimum absolute atomic E-state index is 0.00384. The maximum absolute atomic E-state index is 12.1. The van der Waals surface area contributed by atoms with E-state index in [4.69, 9.17) is 0 Å². The number of amides is 1. The number of hydrogen-bond acceptors (Lipinski definition) is 1. The molecule has 1 aromatic carbocycles. The molecule has 2 atom stereocenters. The monoisotopic (exact) mass is 295 g/mol. The van der Waals surface area contributed by atoms with Crippen molar-refractivity contribution in [2.24, 2.45) is 0 Å². The quantitative estimate of drug-likeness (QED) is 0.766. The third kappa shape index (κ3) is 2.71. The van der Waals surface area contributed by atoms with Crippen molar-refractivity contribution >= 4 is 21.8 Å². The molecule has 2 nitrogen and oxygen atoms in total. The summed E-state index contributed by atoms with van der Waals surface area (Å²) in [5.41, 5.74) is 2.47. The van der Waals surface area contributed by atoms with Crippen LogP contribution in [0.5, 0.6) is 0 Å². The Hall–Kier alpha value is -0.830. The fourth-order valence-electron chi connectivity index (χ4n) is 2.26. The molecule has 0 aliphatic carbocycles. The van der Waals surface area contributed by atoms with E-state index >= 15 is 0 Å². The minimum atomic E-state index is 0.00384. The number of likely N-dealkylation sites (tertiary alicyclic amines) is 1. The number of alkyl halides is 1. The number of rotatable bonds is 2. The molecule has 0 aromatic heterocycles. The Bertz CT molecular complexity index is 401. The van der Waals surface area contributed by atoms with Crippen molar-refractivity contribution in [3.8, 4) is 0 Å². The van der Waals surface area contributed by atoms with Gasteiger partial charge in [-0.25, -0.2) is 0 Å². The van der Waals surface area contributed by atoms with E-state index in [0.717, 1.165) is 19.4 Å². The van der Waals surface area contributed by atoms with Crippen LogP contribution in [0.25, 0.3) is 0 Å². The van der Waals surface area contributed by atoms with Gasteiger partial charge in [0.2, 0.25) is 5.91 Å². The molecule has 1 amide bonds. The van der Waals surface area contributed by atoms with Crippen molar-refractivity contribution in [2.45, 2.75) is 37.6 Å². The lowest BCUT2D eigenvalue weighted by molar-refractivity contribution is -0.134. The van der Waals surface area contributed by atoms with E-state index in [1.165, 1.54) is 11.1 Å². The SMILES string of the molecule is Cc1ccc(C(C)N2CCCC(Br)C2=O)cc1. The van der Waals surface area contributed by atoms with Gasteiger partial charge in [-0.05, 0) is 32.3 Å². The van der Waals surface area contributed by atoms with E-state index < -0.39 is 0 Å². The van der Waals surface area contributed by atoms with Gasteiger partial charge in [-0.2, -0.15) is 0 Å². The van der Waals surface area contributed by atoms with Gasteiger partial charge in [0.05, 0.1) is 10.9 Å². The first-order chi connectivity index (χ1) is 8.09. The van der Waals surface area contributed by atoms with Gasteiger partial charge in [0.25, 0.3) is 0 Å². The average Bonchev–Trinajstić information content (AvgIpc) is 2.33. The lowest BCUT2D eigenvalue weighted by Gasteiger charge is -2.35. The number of carbonyl (C=O) groups is 1. The summed E-state index contributed by atoms with van der Waals surface area (Å²) in [6.07, 6.45) is 2.04.